The zero-order valence-electron chi connectivity index (χ0n) is 20.3. The number of nitrogens with one attached hydrogen (secondary N) is 1. The molecular weight excluding hydrogens is 484 g/mol. The molecule has 0 spiro atoms. The molecule has 1 aliphatic rings. The van der Waals surface area contributed by atoms with Gasteiger partial charge in [-0.2, -0.15) is 4.98 Å². The number of rotatable bonds is 8. The molecule has 4 aromatic rings. The summed E-state index contributed by atoms with van der Waals surface area (Å²) in [5, 5.41) is 3.06. The summed E-state index contributed by atoms with van der Waals surface area (Å²) in [5.41, 5.74) is 2.72. The molecular formula is C29H24N4O5. The highest BCUT2D eigenvalue weighted by atomic mass is 16.6. The lowest BCUT2D eigenvalue weighted by atomic mass is 9.98. The van der Waals surface area contributed by atoms with Crippen LogP contribution in [-0.2, 0) is 16.1 Å². The lowest BCUT2D eigenvalue weighted by Crippen LogP contribution is -2.32. The summed E-state index contributed by atoms with van der Waals surface area (Å²) in [6.45, 7) is -0.252. The molecule has 1 N–H and O–H groups in total. The van der Waals surface area contributed by atoms with Crippen molar-refractivity contribution in [1.82, 2.24) is 20.2 Å². The Hall–Kier alpha value is -5.05. The molecule has 9 nitrogen and oxygen atoms in total. The third kappa shape index (κ3) is 5.67. The van der Waals surface area contributed by atoms with Crippen LogP contribution in [-0.4, -0.2) is 45.9 Å². The van der Waals surface area contributed by atoms with Crippen LogP contribution in [0.4, 0.5) is 0 Å². The Kier molecular flexibility index (Phi) is 7.35. The second kappa shape index (κ2) is 11.3. The Morgan fingerprint density at radius 1 is 0.921 bits per heavy atom. The standard InChI is InChI=1S/C29H24N4O5/c34-24-17-33(19-38-24)29(36)26-30-16-23(28(32-26)37-18-20-10-4-1-5-11-20)27(35)31-25(21-12-6-2-7-13-21)22-14-8-3-9-15-22/h1-16,25H,17-19H2,(H,31,35). The molecule has 0 saturated carbocycles. The van der Waals surface area contributed by atoms with Gasteiger partial charge in [-0.25, -0.2) is 4.98 Å². The third-order valence-corrected chi connectivity index (χ3v) is 5.94. The van der Waals surface area contributed by atoms with Crippen molar-refractivity contribution >= 4 is 17.8 Å². The Morgan fingerprint density at radius 3 is 2.11 bits per heavy atom. The molecule has 190 valence electrons. The monoisotopic (exact) mass is 508 g/mol. The number of hydrogen-bond donors (Lipinski definition) is 1. The van der Waals surface area contributed by atoms with Gasteiger partial charge < -0.3 is 14.8 Å². The Bertz CT molecular complexity index is 1390. The molecule has 0 aliphatic carbocycles. The van der Waals surface area contributed by atoms with Crippen LogP contribution in [0, 0.1) is 0 Å². The molecule has 0 atom stereocenters. The first-order valence-corrected chi connectivity index (χ1v) is 12.0. The van der Waals surface area contributed by atoms with E-state index in [1.807, 2.05) is 91.0 Å². The molecule has 3 aromatic carbocycles. The molecule has 1 aliphatic heterocycles. The van der Waals surface area contributed by atoms with E-state index >= 15 is 0 Å². The van der Waals surface area contributed by atoms with Gasteiger partial charge in [0.05, 0.1) is 6.04 Å². The topological polar surface area (TPSA) is 111 Å². The van der Waals surface area contributed by atoms with E-state index in [1.54, 1.807) is 0 Å². The SMILES string of the molecule is O=C1CN(C(=O)c2ncc(C(=O)NC(c3ccccc3)c3ccccc3)c(OCc3ccccc3)n2)CO1. The minimum atomic E-state index is -0.598. The van der Waals surface area contributed by atoms with E-state index < -0.39 is 23.8 Å². The fraction of sp³-hybridized carbons (Fsp3) is 0.138. The van der Waals surface area contributed by atoms with E-state index in [4.69, 9.17) is 9.47 Å². The summed E-state index contributed by atoms with van der Waals surface area (Å²) >= 11 is 0. The fourth-order valence-corrected chi connectivity index (χ4v) is 3.99. The van der Waals surface area contributed by atoms with Crippen molar-refractivity contribution in [3.63, 3.8) is 0 Å². The van der Waals surface area contributed by atoms with Gasteiger partial charge in [-0.15, -0.1) is 0 Å². The van der Waals surface area contributed by atoms with Crippen LogP contribution in [0.25, 0.3) is 0 Å². The Balaban J connectivity index is 1.45. The maximum Gasteiger partial charge on any atom is 0.327 e. The molecule has 2 amide bonds. The number of carbonyl (C=O) groups excluding carboxylic acids is 3. The molecule has 0 bridgehead atoms. The number of ether oxygens (including phenoxy) is 2. The van der Waals surface area contributed by atoms with Crippen molar-refractivity contribution in [2.45, 2.75) is 12.6 Å². The van der Waals surface area contributed by atoms with Crippen LogP contribution in [0.3, 0.4) is 0 Å². The minimum absolute atomic E-state index is 0.0454. The van der Waals surface area contributed by atoms with Gasteiger partial charge in [0.15, 0.2) is 6.73 Å². The number of cyclic esters (lactones) is 1. The molecule has 1 fully saturated rings. The van der Waals surface area contributed by atoms with Gasteiger partial charge in [0.1, 0.15) is 18.7 Å². The smallest absolute Gasteiger partial charge is 0.327 e. The maximum absolute atomic E-state index is 13.6. The molecule has 38 heavy (non-hydrogen) atoms. The van der Waals surface area contributed by atoms with Crippen molar-refractivity contribution < 1.29 is 23.9 Å². The first kappa shape index (κ1) is 24.6. The zero-order chi connectivity index (χ0) is 26.3. The highest BCUT2D eigenvalue weighted by Gasteiger charge is 2.30. The maximum atomic E-state index is 13.6. The van der Waals surface area contributed by atoms with Crippen molar-refractivity contribution in [2.75, 3.05) is 13.3 Å². The largest absolute Gasteiger partial charge is 0.472 e. The number of esters is 1. The van der Waals surface area contributed by atoms with Crippen LogP contribution in [0.1, 0.15) is 43.7 Å². The first-order chi connectivity index (χ1) is 18.6. The van der Waals surface area contributed by atoms with Gasteiger partial charge in [-0.3, -0.25) is 19.3 Å². The number of benzene rings is 3. The zero-order valence-corrected chi connectivity index (χ0v) is 20.3. The van der Waals surface area contributed by atoms with Gasteiger partial charge in [-0.05, 0) is 16.7 Å². The normalized spacial score (nSPS) is 12.8. The van der Waals surface area contributed by atoms with Crippen LogP contribution in [0.2, 0.25) is 0 Å². The molecule has 9 heteroatoms. The van der Waals surface area contributed by atoms with E-state index in [0.717, 1.165) is 16.7 Å². The second-order valence-electron chi connectivity index (χ2n) is 8.56. The van der Waals surface area contributed by atoms with Gasteiger partial charge in [0, 0.05) is 6.20 Å². The number of amides is 2. The molecule has 1 aromatic heterocycles. The van der Waals surface area contributed by atoms with E-state index in [1.165, 1.54) is 11.1 Å². The summed E-state index contributed by atoms with van der Waals surface area (Å²) in [5.74, 6) is -1.83. The average Bonchev–Trinajstić information content (AvgIpc) is 3.41. The number of aromatic nitrogens is 2. The van der Waals surface area contributed by atoms with E-state index in [0.29, 0.717) is 0 Å². The number of carbonyl (C=O) groups is 3. The van der Waals surface area contributed by atoms with Crippen molar-refractivity contribution in [1.29, 1.82) is 0 Å². The summed E-state index contributed by atoms with van der Waals surface area (Å²) in [4.78, 5) is 47.5. The highest BCUT2D eigenvalue weighted by molar-refractivity contribution is 5.98. The third-order valence-electron chi connectivity index (χ3n) is 5.94. The molecule has 2 heterocycles. The molecule has 0 radical (unpaired) electrons. The minimum Gasteiger partial charge on any atom is -0.472 e. The van der Waals surface area contributed by atoms with Gasteiger partial charge >= 0.3 is 5.97 Å². The quantitative estimate of drug-likeness (QED) is 0.363. The Labute approximate surface area is 219 Å². The van der Waals surface area contributed by atoms with Crippen LogP contribution in [0.15, 0.2) is 97.2 Å². The van der Waals surface area contributed by atoms with E-state index in [-0.39, 0.29) is 37.2 Å². The predicted octanol–water partition coefficient (Wildman–Crippen LogP) is 3.53. The van der Waals surface area contributed by atoms with E-state index in [9.17, 15) is 14.4 Å². The van der Waals surface area contributed by atoms with Crippen LogP contribution >= 0.6 is 0 Å². The van der Waals surface area contributed by atoms with Crippen LogP contribution < -0.4 is 10.1 Å². The van der Waals surface area contributed by atoms with Gasteiger partial charge in [0.25, 0.3) is 11.8 Å². The summed E-state index contributed by atoms with van der Waals surface area (Å²) in [6, 6.07) is 28.1. The van der Waals surface area contributed by atoms with E-state index in [2.05, 4.69) is 15.3 Å². The van der Waals surface area contributed by atoms with Crippen molar-refractivity contribution in [3.05, 3.63) is 125 Å². The number of nitrogens with zero attached hydrogens (tertiary/aromatic N) is 3. The summed E-state index contributed by atoms with van der Waals surface area (Å²) in [7, 11) is 0. The first-order valence-electron chi connectivity index (χ1n) is 12.0. The fourth-order valence-electron chi connectivity index (χ4n) is 3.99. The summed E-state index contributed by atoms with van der Waals surface area (Å²) in [6.07, 6.45) is 1.27. The van der Waals surface area contributed by atoms with Gasteiger partial charge in [0.2, 0.25) is 11.7 Å². The van der Waals surface area contributed by atoms with Gasteiger partial charge in [-0.1, -0.05) is 91.0 Å². The molecule has 0 unspecified atom stereocenters. The average molecular weight is 509 g/mol. The predicted molar refractivity (Wildman–Crippen MR) is 137 cm³/mol. The lowest BCUT2D eigenvalue weighted by molar-refractivity contribution is -0.136. The molecule has 1 saturated heterocycles. The summed E-state index contributed by atoms with van der Waals surface area (Å²) < 4.78 is 10.8. The molecule has 5 rings (SSSR count). The Morgan fingerprint density at radius 2 is 1.53 bits per heavy atom. The van der Waals surface area contributed by atoms with Crippen molar-refractivity contribution in [3.8, 4) is 5.88 Å². The lowest BCUT2D eigenvalue weighted by Gasteiger charge is -2.21. The number of hydrogen-bond acceptors (Lipinski definition) is 7. The second-order valence-corrected chi connectivity index (χ2v) is 8.56. The van der Waals surface area contributed by atoms with Crippen LogP contribution in [0.5, 0.6) is 5.88 Å². The van der Waals surface area contributed by atoms with Crippen molar-refractivity contribution in [2.24, 2.45) is 0 Å². The highest BCUT2D eigenvalue weighted by Crippen LogP contribution is 2.24.